The van der Waals surface area contributed by atoms with Crippen molar-refractivity contribution < 1.29 is 0 Å². The number of thiazole rings is 1. The second-order valence-corrected chi connectivity index (χ2v) is 6.36. The van der Waals surface area contributed by atoms with Crippen molar-refractivity contribution in [2.75, 3.05) is 13.1 Å². The van der Waals surface area contributed by atoms with Crippen molar-refractivity contribution in [1.82, 2.24) is 15.2 Å². The van der Waals surface area contributed by atoms with Crippen LogP contribution in [-0.2, 0) is 6.54 Å². The van der Waals surface area contributed by atoms with Crippen molar-refractivity contribution in [3.8, 4) is 0 Å². The molecule has 1 aromatic heterocycles. The topological polar surface area (TPSA) is 48.1 Å². The van der Waals surface area contributed by atoms with Crippen LogP contribution in [-0.4, -0.2) is 35.1 Å². The molecule has 1 aromatic rings. The minimum absolute atomic E-state index is 0.0620. The average molecular weight is 267 g/mol. The van der Waals surface area contributed by atoms with Gasteiger partial charge in [-0.05, 0) is 25.2 Å². The standard InChI is InChI=1S/C13H21N3OS/c1-2-11-5-14-12(9-3-4-9)7-16(11)6-10-8-18-13(17)15-10/h8-9,11-12,14H,2-7H2,1H3,(H,15,17). The molecule has 1 saturated carbocycles. The number of nitrogens with zero attached hydrogens (tertiary/aromatic N) is 1. The van der Waals surface area contributed by atoms with Gasteiger partial charge in [0.1, 0.15) is 0 Å². The Bertz CT molecular complexity index is 451. The van der Waals surface area contributed by atoms with Crippen LogP contribution in [0.1, 0.15) is 31.9 Å². The molecule has 2 aliphatic rings. The predicted octanol–water partition coefficient (Wildman–Crippen LogP) is 1.40. The van der Waals surface area contributed by atoms with Gasteiger partial charge in [-0.2, -0.15) is 0 Å². The van der Waals surface area contributed by atoms with E-state index in [-0.39, 0.29) is 4.87 Å². The number of nitrogens with one attached hydrogen (secondary N) is 2. The van der Waals surface area contributed by atoms with Gasteiger partial charge < -0.3 is 10.3 Å². The summed E-state index contributed by atoms with van der Waals surface area (Å²) in [6, 6.07) is 1.27. The lowest BCUT2D eigenvalue weighted by molar-refractivity contribution is 0.110. The molecule has 1 aliphatic carbocycles. The lowest BCUT2D eigenvalue weighted by Gasteiger charge is -2.40. The summed E-state index contributed by atoms with van der Waals surface area (Å²) in [5, 5.41) is 5.65. The molecule has 0 amide bonds. The van der Waals surface area contributed by atoms with Gasteiger partial charge in [0, 0.05) is 42.8 Å². The minimum Gasteiger partial charge on any atom is -0.315 e. The summed E-state index contributed by atoms with van der Waals surface area (Å²) in [7, 11) is 0. The zero-order valence-electron chi connectivity index (χ0n) is 10.8. The Kier molecular flexibility index (Phi) is 3.54. The Balaban J connectivity index is 1.67. The van der Waals surface area contributed by atoms with Crippen LogP contribution in [0, 0.1) is 5.92 Å². The van der Waals surface area contributed by atoms with E-state index in [1.165, 1.54) is 30.6 Å². The van der Waals surface area contributed by atoms with Crippen LogP contribution in [0.2, 0.25) is 0 Å². The van der Waals surface area contributed by atoms with Crippen molar-refractivity contribution in [2.45, 2.75) is 44.8 Å². The Morgan fingerprint density at radius 2 is 2.33 bits per heavy atom. The molecule has 2 atom stereocenters. The molecule has 2 heterocycles. The van der Waals surface area contributed by atoms with Crippen molar-refractivity contribution in [3.05, 3.63) is 20.7 Å². The number of aromatic nitrogens is 1. The molecule has 18 heavy (non-hydrogen) atoms. The van der Waals surface area contributed by atoms with E-state index in [2.05, 4.69) is 22.1 Å². The second-order valence-electron chi connectivity index (χ2n) is 5.52. The summed E-state index contributed by atoms with van der Waals surface area (Å²) in [5.41, 5.74) is 1.07. The highest BCUT2D eigenvalue weighted by atomic mass is 32.1. The number of hydrogen-bond donors (Lipinski definition) is 2. The van der Waals surface area contributed by atoms with E-state index >= 15 is 0 Å². The highest BCUT2D eigenvalue weighted by molar-refractivity contribution is 7.07. The third kappa shape index (κ3) is 2.68. The first-order valence-corrected chi connectivity index (χ1v) is 7.78. The van der Waals surface area contributed by atoms with Gasteiger partial charge in [-0.1, -0.05) is 18.3 Å². The van der Waals surface area contributed by atoms with Crippen LogP contribution in [0.25, 0.3) is 0 Å². The summed E-state index contributed by atoms with van der Waals surface area (Å²) in [6.45, 7) is 5.35. The predicted molar refractivity (Wildman–Crippen MR) is 73.9 cm³/mol. The van der Waals surface area contributed by atoms with Gasteiger partial charge in [0.15, 0.2) is 0 Å². The van der Waals surface area contributed by atoms with Crippen LogP contribution < -0.4 is 10.2 Å². The van der Waals surface area contributed by atoms with E-state index in [9.17, 15) is 4.79 Å². The van der Waals surface area contributed by atoms with Gasteiger partial charge >= 0.3 is 4.87 Å². The molecule has 2 N–H and O–H groups in total. The monoisotopic (exact) mass is 267 g/mol. The number of aromatic amines is 1. The fourth-order valence-corrected chi connectivity index (χ4v) is 3.48. The van der Waals surface area contributed by atoms with Gasteiger partial charge in [-0.25, -0.2) is 0 Å². The Morgan fingerprint density at radius 1 is 1.50 bits per heavy atom. The highest BCUT2D eigenvalue weighted by Gasteiger charge is 2.36. The van der Waals surface area contributed by atoms with Crippen molar-refractivity contribution in [2.24, 2.45) is 5.92 Å². The number of rotatable bonds is 4. The van der Waals surface area contributed by atoms with Gasteiger partial charge in [-0.15, -0.1) is 0 Å². The molecule has 0 spiro atoms. The number of H-pyrrole nitrogens is 1. The average Bonchev–Trinajstić information content (AvgIpc) is 3.14. The Labute approximate surface area is 111 Å². The number of hydrogen-bond acceptors (Lipinski definition) is 4. The highest BCUT2D eigenvalue weighted by Crippen LogP contribution is 2.34. The quantitative estimate of drug-likeness (QED) is 0.867. The third-order valence-corrected chi connectivity index (χ3v) is 4.89. The summed E-state index contributed by atoms with van der Waals surface area (Å²) in [5.74, 6) is 0.895. The molecule has 1 aliphatic heterocycles. The van der Waals surface area contributed by atoms with Gasteiger partial charge in [0.25, 0.3) is 0 Å². The van der Waals surface area contributed by atoms with E-state index in [0.29, 0.717) is 12.1 Å². The fourth-order valence-electron chi connectivity index (χ4n) is 2.90. The number of piperazine rings is 1. The maximum atomic E-state index is 11.2. The zero-order chi connectivity index (χ0) is 12.5. The fraction of sp³-hybridized carbons (Fsp3) is 0.769. The summed E-state index contributed by atoms with van der Waals surface area (Å²) in [6.07, 6.45) is 3.94. The lowest BCUT2D eigenvalue weighted by Crippen LogP contribution is -2.56. The van der Waals surface area contributed by atoms with Crippen LogP contribution in [0.3, 0.4) is 0 Å². The molecule has 0 bridgehead atoms. The van der Waals surface area contributed by atoms with Crippen LogP contribution in [0.4, 0.5) is 0 Å². The zero-order valence-corrected chi connectivity index (χ0v) is 11.6. The molecular formula is C13H21N3OS. The smallest absolute Gasteiger partial charge is 0.304 e. The summed E-state index contributed by atoms with van der Waals surface area (Å²) in [4.78, 5) is 16.7. The first-order chi connectivity index (χ1) is 8.76. The largest absolute Gasteiger partial charge is 0.315 e. The molecule has 100 valence electrons. The maximum absolute atomic E-state index is 11.2. The molecule has 0 radical (unpaired) electrons. The SMILES string of the molecule is CCC1CNC(C2CC2)CN1Cc1csc(=O)[nH]1. The molecule has 0 aromatic carbocycles. The normalized spacial score (nSPS) is 29.6. The summed E-state index contributed by atoms with van der Waals surface area (Å²) >= 11 is 1.27. The van der Waals surface area contributed by atoms with Gasteiger partial charge in [0.05, 0.1) is 0 Å². The van der Waals surface area contributed by atoms with Crippen LogP contribution in [0.15, 0.2) is 10.2 Å². The Morgan fingerprint density at radius 3 is 2.94 bits per heavy atom. The molecule has 2 unspecified atom stereocenters. The van der Waals surface area contributed by atoms with E-state index in [1.807, 2.05) is 5.38 Å². The molecule has 3 rings (SSSR count). The molecular weight excluding hydrogens is 246 g/mol. The maximum Gasteiger partial charge on any atom is 0.304 e. The summed E-state index contributed by atoms with van der Waals surface area (Å²) < 4.78 is 0. The molecule has 5 heteroatoms. The van der Waals surface area contributed by atoms with Crippen LogP contribution >= 0.6 is 11.3 Å². The van der Waals surface area contributed by atoms with Gasteiger partial charge in [0.2, 0.25) is 0 Å². The third-order valence-electron chi connectivity index (χ3n) is 4.17. The molecule has 2 fully saturated rings. The van der Waals surface area contributed by atoms with Crippen molar-refractivity contribution in [3.63, 3.8) is 0 Å². The first kappa shape index (κ1) is 12.4. The Hall–Kier alpha value is -0.650. The van der Waals surface area contributed by atoms with Crippen molar-refractivity contribution >= 4 is 11.3 Å². The first-order valence-electron chi connectivity index (χ1n) is 6.90. The van der Waals surface area contributed by atoms with E-state index < -0.39 is 0 Å². The van der Waals surface area contributed by atoms with Gasteiger partial charge in [-0.3, -0.25) is 9.69 Å². The van der Waals surface area contributed by atoms with Crippen LogP contribution in [0.5, 0.6) is 0 Å². The lowest BCUT2D eigenvalue weighted by atomic mass is 10.0. The van der Waals surface area contributed by atoms with E-state index in [1.54, 1.807) is 0 Å². The minimum atomic E-state index is 0.0620. The van der Waals surface area contributed by atoms with E-state index in [4.69, 9.17) is 0 Å². The molecule has 1 saturated heterocycles. The van der Waals surface area contributed by atoms with Crippen molar-refractivity contribution in [1.29, 1.82) is 0 Å². The van der Waals surface area contributed by atoms with E-state index in [0.717, 1.165) is 31.2 Å². The molecule has 4 nitrogen and oxygen atoms in total. The second kappa shape index (κ2) is 5.15.